The fraction of sp³-hybridized carbons (Fsp3) is 0.412. The highest BCUT2D eigenvalue weighted by Gasteiger charge is 2.25. The zero-order chi connectivity index (χ0) is 16.1. The Morgan fingerprint density at radius 2 is 2.00 bits per heavy atom. The van der Waals surface area contributed by atoms with Gasteiger partial charge >= 0.3 is 0 Å². The van der Waals surface area contributed by atoms with Crippen LogP contribution in [0.5, 0.6) is 0 Å². The SMILES string of the molecule is CCOC(C(=O)N(C)Cc1c(C)noc1C)c1ccccc1. The molecule has 1 amide bonds. The molecule has 0 N–H and O–H groups in total. The van der Waals surface area contributed by atoms with Crippen molar-refractivity contribution in [3.05, 3.63) is 52.9 Å². The Bertz CT molecular complexity index is 603. The van der Waals surface area contributed by atoms with Gasteiger partial charge in [-0.1, -0.05) is 35.5 Å². The molecule has 0 aliphatic rings. The second-order valence-electron chi connectivity index (χ2n) is 5.24. The summed E-state index contributed by atoms with van der Waals surface area (Å²) in [5, 5.41) is 3.92. The van der Waals surface area contributed by atoms with Crippen molar-refractivity contribution in [1.29, 1.82) is 0 Å². The maximum absolute atomic E-state index is 12.7. The van der Waals surface area contributed by atoms with Crippen LogP contribution in [-0.4, -0.2) is 29.6 Å². The van der Waals surface area contributed by atoms with Crippen LogP contribution in [0, 0.1) is 13.8 Å². The third kappa shape index (κ3) is 3.54. The smallest absolute Gasteiger partial charge is 0.256 e. The van der Waals surface area contributed by atoms with Crippen molar-refractivity contribution >= 4 is 5.91 Å². The minimum atomic E-state index is -0.586. The first-order valence-electron chi connectivity index (χ1n) is 7.37. The van der Waals surface area contributed by atoms with E-state index in [0.717, 1.165) is 22.6 Å². The van der Waals surface area contributed by atoms with E-state index >= 15 is 0 Å². The Balaban J connectivity index is 2.16. The number of aromatic nitrogens is 1. The normalized spacial score (nSPS) is 12.2. The third-order valence-corrected chi connectivity index (χ3v) is 3.61. The summed E-state index contributed by atoms with van der Waals surface area (Å²) in [7, 11) is 1.77. The number of nitrogens with zero attached hydrogens (tertiary/aromatic N) is 2. The number of carbonyl (C=O) groups excluding carboxylic acids is 1. The van der Waals surface area contributed by atoms with Crippen molar-refractivity contribution in [3.8, 4) is 0 Å². The molecule has 2 rings (SSSR count). The predicted octanol–water partition coefficient (Wildman–Crippen LogP) is 3.03. The molecule has 0 fully saturated rings. The first kappa shape index (κ1) is 16.2. The molecule has 22 heavy (non-hydrogen) atoms. The number of benzene rings is 1. The first-order chi connectivity index (χ1) is 10.5. The predicted molar refractivity (Wildman–Crippen MR) is 83.3 cm³/mol. The van der Waals surface area contributed by atoms with Gasteiger partial charge in [0.1, 0.15) is 5.76 Å². The second-order valence-corrected chi connectivity index (χ2v) is 5.24. The van der Waals surface area contributed by atoms with Crippen LogP contribution in [0.1, 0.15) is 35.6 Å². The van der Waals surface area contributed by atoms with Gasteiger partial charge in [-0.3, -0.25) is 4.79 Å². The molecular weight excluding hydrogens is 280 g/mol. The minimum absolute atomic E-state index is 0.0759. The lowest BCUT2D eigenvalue weighted by Gasteiger charge is -2.24. The fourth-order valence-electron chi connectivity index (χ4n) is 2.35. The summed E-state index contributed by atoms with van der Waals surface area (Å²) < 4.78 is 10.8. The van der Waals surface area contributed by atoms with Crippen molar-refractivity contribution < 1.29 is 14.1 Å². The number of likely N-dealkylation sites (N-methyl/N-ethyl adjacent to an activating group) is 1. The van der Waals surface area contributed by atoms with Crippen molar-refractivity contribution in [3.63, 3.8) is 0 Å². The zero-order valence-corrected chi connectivity index (χ0v) is 13.5. The van der Waals surface area contributed by atoms with Crippen LogP contribution in [0.3, 0.4) is 0 Å². The van der Waals surface area contributed by atoms with Crippen LogP contribution in [0.25, 0.3) is 0 Å². The number of hydrogen-bond acceptors (Lipinski definition) is 4. The van der Waals surface area contributed by atoms with Crippen LogP contribution in [0.4, 0.5) is 0 Å². The minimum Gasteiger partial charge on any atom is -0.364 e. The summed E-state index contributed by atoms with van der Waals surface area (Å²) in [6.45, 7) is 6.55. The molecule has 1 atom stereocenters. The Morgan fingerprint density at radius 3 is 2.55 bits per heavy atom. The van der Waals surface area contributed by atoms with E-state index < -0.39 is 6.10 Å². The highest BCUT2D eigenvalue weighted by atomic mass is 16.5. The van der Waals surface area contributed by atoms with E-state index in [1.165, 1.54) is 0 Å². The summed E-state index contributed by atoms with van der Waals surface area (Å²) in [6, 6.07) is 9.54. The molecule has 0 aliphatic carbocycles. The average Bonchev–Trinajstić information content (AvgIpc) is 2.84. The Labute approximate surface area is 130 Å². The zero-order valence-electron chi connectivity index (χ0n) is 13.5. The van der Waals surface area contributed by atoms with Crippen molar-refractivity contribution in [2.24, 2.45) is 0 Å². The molecule has 5 nitrogen and oxygen atoms in total. The highest BCUT2D eigenvalue weighted by Crippen LogP contribution is 2.22. The van der Waals surface area contributed by atoms with Gasteiger partial charge in [0.25, 0.3) is 5.91 Å². The molecule has 1 heterocycles. The third-order valence-electron chi connectivity index (χ3n) is 3.61. The molecular formula is C17H22N2O3. The van der Waals surface area contributed by atoms with Gasteiger partial charge in [0.05, 0.1) is 12.2 Å². The van der Waals surface area contributed by atoms with Gasteiger partial charge < -0.3 is 14.2 Å². The van der Waals surface area contributed by atoms with Crippen molar-refractivity contribution in [1.82, 2.24) is 10.1 Å². The molecule has 118 valence electrons. The summed E-state index contributed by atoms with van der Waals surface area (Å²) in [5.41, 5.74) is 2.61. The van der Waals surface area contributed by atoms with Gasteiger partial charge in [-0.2, -0.15) is 0 Å². The van der Waals surface area contributed by atoms with E-state index in [1.807, 2.05) is 51.1 Å². The summed E-state index contributed by atoms with van der Waals surface area (Å²) >= 11 is 0. The van der Waals surface area contributed by atoms with Crippen LogP contribution < -0.4 is 0 Å². The topological polar surface area (TPSA) is 55.6 Å². The number of hydrogen-bond donors (Lipinski definition) is 0. The maximum Gasteiger partial charge on any atom is 0.256 e. The molecule has 2 aromatic rings. The lowest BCUT2D eigenvalue weighted by atomic mass is 10.1. The van der Waals surface area contributed by atoms with Gasteiger partial charge in [-0.05, 0) is 26.3 Å². The van der Waals surface area contributed by atoms with E-state index in [4.69, 9.17) is 9.26 Å². The lowest BCUT2D eigenvalue weighted by molar-refractivity contribution is -0.143. The molecule has 0 bridgehead atoms. The van der Waals surface area contributed by atoms with Gasteiger partial charge in [-0.15, -0.1) is 0 Å². The molecule has 0 saturated heterocycles. The second kappa shape index (κ2) is 7.22. The maximum atomic E-state index is 12.7. The number of carbonyl (C=O) groups is 1. The van der Waals surface area contributed by atoms with Gasteiger partial charge in [0, 0.05) is 19.2 Å². The first-order valence-corrected chi connectivity index (χ1v) is 7.37. The number of rotatable bonds is 6. The lowest BCUT2D eigenvalue weighted by Crippen LogP contribution is -2.33. The molecule has 1 unspecified atom stereocenters. The average molecular weight is 302 g/mol. The van der Waals surface area contributed by atoms with Gasteiger partial charge in [0.2, 0.25) is 0 Å². The molecule has 5 heteroatoms. The van der Waals surface area contributed by atoms with Crippen molar-refractivity contribution in [2.75, 3.05) is 13.7 Å². The van der Waals surface area contributed by atoms with Crippen LogP contribution in [0.15, 0.2) is 34.9 Å². The van der Waals surface area contributed by atoms with Crippen LogP contribution >= 0.6 is 0 Å². The monoisotopic (exact) mass is 302 g/mol. The van der Waals surface area contributed by atoms with E-state index in [-0.39, 0.29) is 5.91 Å². The van der Waals surface area contributed by atoms with Crippen molar-refractivity contribution in [2.45, 2.75) is 33.4 Å². The summed E-state index contributed by atoms with van der Waals surface area (Å²) in [5.74, 6) is 0.665. The molecule has 1 aromatic heterocycles. The quantitative estimate of drug-likeness (QED) is 0.823. The molecule has 0 aliphatic heterocycles. The van der Waals surface area contributed by atoms with Crippen LogP contribution in [-0.2, 0) is 16.1 Å². The molecule has 0 radical (unpaired) electrons. The highest BCUT2D eigenvalue weighted by molar-refractivity contribution is 5.82. The summed E-state index contributed by atoms with van der Waals surface area (Å²) in [4.78, 5) is 14.4. The molecule has 0 spiro atoms. The summed E-state index contributed by atoms with van der Waals surface area (Å²) in [6.07, 6.45) is -0.586. The fourth-order valence-corrected chi connectivity index (χ4v) is 2.35. The van der Waals surface area contributed by atoms with E-state index in [0.29, 0.717) is 13.2 Å². The number of aryl methyl sites for hydroxylation is 2. The number of amides is 1. The molecule has 0 saturated carbocycles. The Morgan fingerprint density at radius 1 is 1.32 bits per heavy atom. The number of ether oxygens (including phenoxy) is 1. The van der Waals surface area contributed by atoms with Gasteiger partial charge in [-0.25, -0.2) is 0 Å². The van der Waals surface area contributed by atoms with Crippen LogP contribution in [0.2, 0.25) is 0 Å². The van der Waals surface area contributed by atoms with E-state index in [1.54, 1.807) is 11.9 Å². The Kier molecular flexibility index (Phi) is 5.33. The Hall–Kier alpha value is -2.14. The standard InChI is InChI=1S/C17H22N2O3/c1-5-21-16(14-9-7-6-8-10-14)17(20)19(4)11-15-12(2)18-22-13(15)3/h6-10,16H,5,11H2,1-4H3. The van der Waals surface area contributed by atoms with Gasteiger partial charge in [0.15, 0.2) is 6.10 Å². The largest absolute Gasteiger partial charge is 0.364 e. The molecule has 1 aromatic carbocycles. The van der Waals surface area contributed by atoms with E-state index in [9.17, 15) is 4.79 Å². The van der Waals surface area contributed by atoms with E-state index in [2.05, 4.69) is 5.16 Å².